The van der Waals surface area contributed by atoms with E-state index in [9.17, 15) is 4.79 Å². The standard InChI is InChI=1S/C17H22N4O/c1-12-5-7-13(8-6-12)10-18-16(22)14-9-15(20-11-19-14)21-17(2,3)4/h5-9,11H,10H2,1-4H3,(H,18,22)(H,19,20,21). The van der Waals surface area contributed by atoms with E-state index >= 15 is 0 Å². The molecule has 5 nitrogen and oxygen atoms in total. The van der Waals surface area contributed by atoms with E-state index in [1.54, 1.807) is 6.07 Å². The molecule has 5 heteroatoms. The molecule has 2 N–H and O–H groups in total. The van der Waals surface area contributed by atoms with Crippen LogP contribution in [0.1, 0.15) is 42.4 Å². The predicted molar refractivity (Wildman–Crippen MR) is 87.8 cm³/mol. The summed E-state index contributed by atoms with van der Waals surface area (Å²) < 4.78 is 0. The Hall–Kier alpha value is -2.43. The summed E-state index contributed by atoms with van der Waals surface area (Å²) in [4.78, 5) is 20.3. The average Bonchev–Trinajstić information content (AvgIpc) is 2.45. The van der Waals surface area contributed by atoms with Crippen LogP contribution < -0.4 is 10.6 Å². The zero-order valence-electron chi connectivity index (χ0n) is 13.5. The van der Waals surface area contributed by atoms with Gasteiger partial charge in [0.25, 0.3) is 5.91 Å². The highest BCUT2D eigenvalue weighted by atomic mass is 16.1. The molecule has 1 heterocycles. The van der Waals surface area contributed by atoms with Crippen LogP contribution in [0.5, 0.6) is 0 Å². The van der Waals surface area contributed by atoms with E-state index in [0.29, 0.717) is 18.1 Å². The van der Waals surface area contributed by atoms with E-state index in [0.717, 1.165) is 5.56 Å². The number of nitrogens with zero attached hydrogens (tertiary/aromatic N) is 2. The molecule has 2 rings (SSSR count). The third kappa shape index (κ3) is 4.84. The van der Waals surface area contributed by atoms with Crippen LogP contribution in [0.2, 0.25) is 0 Å². The van der Waals surface area contributed by atoms with Gasteiger partial charge in [-0.1, -0.05) is 29.8 Å². The minimum atomic E-state index is -0.208. The first kappa shape index (κ1) is 15.9. The number of carbonyl (C=O) groups is 1. The monoisotopic (exact) mass is 298 g/mol. The van der Waals surface area contributed by atoms with Crippen LogP contribution in [-0.4, -0.2) is 21.4 Å². The van der Waals surface area contributed by atoms with Crippen LogP contribution >= 0.6 is 0 Å². The number of aryl methyl sites for hydroxylation is 1. The molecule has 0 atom stereocenters. The lowest BCUT2D eigenvalue weighted by Crippen LogP contribution is -2.28. The highest BCUT2D eigenvalue weighted by Gasteiger charge is 2.13. The van der Waals surface area contributed by atoms with Crippen molar-refractivity contribution < 1.29 is 4.79 Å². The number of carbonyl (C=O) groups excluding carboxylic acids is 1. The van der Waals surface area contributed by atoms with Gasteiger partial charge >= 0.3 is 0 Å². The Bertz CT molecular complexity index is 644. The normalized spacial score (nSPS) is 11.1. The third-order valence-electron chi connectivity index (χ3n) is 2.98. The molecule has 0 saturated carbocycles. The number of hydrogen-bond acceptors (Lipinski definition) is 4. The second-order valence-electron chi connectivity index (χ2n) is 6.33. The van der Waals surface area contributed by atoms with Crippen LogP contribution in [0.3, 0.4) is 0 Å². The maximum atomic E-state index is 12.2. The van der Waals surface area contributed by atoms with Crippen LogP contribution in [0, 0.1) is 6.92 Å². The Morgan fingerprint density at radius 3 is 2.45 bits per heavy atom. The van der Waals surface area contributed by atoms with Crippen molar-refractivity contribution in [2.45, 2.75) is 39.8 Å². The highest BCUT2D eigenvalue weighted by Crippen LogP contribution is 2.12. The summed E-state index contributed by atoms with van der Waals surface area (Å²) >= 11 is 0. The number of rotatable bonds is 4. The van der Waals surface area contributed by atoms with Gasteiger partial charge in [-0.15, -0.1) is 0 Å². The Kier molecular flexibility index (Phi) is 4.75. The molecule has 0 aliphatic rings. The van der Waals surface area contributed by atoms with E-state index in [2.05, 4.69) is 20.6 Å². The SMILES string of the molecule is Cc1ccc(CNC(=O)c2cc(NC(C)(C)C)ncn2)cc1. The summed E-state index contributed by atoms with van der Waals surface area (Å²) in [5.74, 6) is 0.433. The van der Waals surface area contributed by atoms with Crippen molar-refractivity contribution in [3.63, 3.8) is 0 Å². The molecule has 1 aromatic heterocycles. The number of anilines is 1. The number of hydrogen-bond donors (Lipinski definition) is 2. The maximum absolute atomic E-state index is 12.2. The van der Waals surface area contributed by atoms with Crippen molar-refractivity contribution in [2.24, 2.45) is 0 Å². The second kappa shape index (κ2) is 6.56. The van der Waals surface area contributed by atoms with Gasteiger partial charge in [0.05, 0.1) is 0 Å². The van der Waals surface area contributed by atoms with Crippen molar-refractivity contribution in [2.75, 3.05) is 5.32 Å². The van der Waals surface area contributed by atoms with Crippen LogP contribution in [0.4, 0.5) is 5.82 Å². The molecular formula is C17H22N4O. The third-order valence-corrected chi connectivity index (χ3v) is 2.98. The largest absolute Gasteiger partial charge is 0.365 e. The van der Waals surface area contributed by atoms with Gasteiger partial charge in [-0.05, 0) is 33.3 Å². The molecule has 116 valence electrons. The first-order valence-corrected chi connectivity index (χ1v) is 7.27. The van der Waals surface area contributed by atoms with Crippen molar-refractivity contribution in [1.82, 2.24) is 15.3 Å². The zero-order chi connectivity index (χ0) is 16.2. The fourth-order valence-electron chi connectivity index (χ4n) is 1.91. The van der Waals surface area contributed by atoms with Crippen LogP contribution in [-0.2, 0) is 6.54 Å². The smallest absolute Gasteiger partial charge is 0.270 e. The highest BCUT2D eigenvalue weighted by molar-refractivity contribution is 5.92. The number of amides is 1. The fraction of sp³-hybridized carbons (Fsp3) is 0.353. The second-order valence-corrected chi connectivity index (χ2v) is 6.33. The Morgan fingerprint density at radius 1 is 1.14 bits per heavy atom. The average molecular weight is 298 g/mol. The molecule has 0 saturated heterocycles. The van der Waals surface area contributed by atoms with Crippen molar-refractivity contribution in [1.29, 1.82) is 0 Å². The lowest BCUT2D eigenvalue weighted by molar-refractivity contribution is 0.0945. The molecule has 0 bridgehead atoms. The Morgan fingerprint density at radius 2 is 1.82 bits per heavy atom. The van der Waals surface area contributed by atoms with Crippen molar-refractivity contribution >= 4 is 11.7 Å². The summed E-state index contributed by atoms with van der Waals surface area (Å²) in [6.45, 7) is 8.61. The zero-order valence-corrected chi connectivity index (χ0v) is 13.5. The van der Waals surface area contributed by atoms with Crippen molar-refractivity contribution in [3.8, 4) is 0 Å². The first-order valence-electron chi connectivity index (χ1n) is 7.27. The molecule has 0 aliphatic carbocycles. The Balaban J connectivity index is 2.00. The van der Waals surface area contributed by atoms with Gasteiger partial charge < -0.3 is 10.6 Å². The van der Waals surface area contributed by atoms with Gasteiger partial charge in [0.15, 0.2) is 0 Å². The van der Waals surface area contributed by atoms with Crippen molar-refractivity contribution in [3.05, 3.63) is 53.5 Å². The topological polar surface area (TPSA) is 66.9 Å². The molecule has 0 spiro atoms. The first-order chi connectivity index (χ1) is 10.3. The Labute approximate surface area is 131 Å². The van der Waals surface area contributed by atoms with Gasteiger partial charge in [-0.2, -0.15) is 0 Å². The molecule has 22 heavy (non-hydrogen) atoms. The summed E-state index contributed by atoms with van der Waals surface area (Å²) in [6, 6.07) is 9.72. The van der Waals surface area contributed by atoms with E-state index in [-0.39, 0.29) is 11.4 Å². The van der Waals surface area contributed by atoms with E-state index < -0.39 is 0 Å². The molecule has 1 aromatic carbocycles. The number of aromatic nitrogens is 2. The molecule has 0 radical (unpaired) electrons. The van der Waals surface area contributed by atoms with E-state index in [1.165, 1.54) is 11.9 Å². The fourth-order valence-corrected chi connectivity index (χ4v) is 1.91. The molecular weight excluding hydrogens is 276 g/mol. The molecule has 1 amide bonds. The minimum Gasteiger partial charge on any atom is -0.365 e. The minimum absolute atomic E-state index is 0.121. The van der Waals surface area contributed by atoms with Gasteiger partial charge in [0, 0.05) is 18.2 Å². The predicted octanol–water partition coefficient (Wildman–Crippen LogP) is 2.93. The van der Waals surface area contributed by atoms with E-state index in [1.807, 2.05) is 52.0 Å². The molecule has 0 fully saturated rings. The summed E-state index contributed by atoms with van der Waals surface area (Å²) in [7, 11) is 0. The summed E-state index contributed by atoms with van der Waals surface area (Å²) in [5, 5.41) is 6.09. The van der Waals surface area contributed by atoms with E-state index in [4.69, 9.17) is 0 Å². The van der Waals surface area contributed by atoms with Crippen LogP contribution in [0.15, 0.2) is 36.7 Å². The summed E-state index contributed by atoms with van der Waals surface area (Å²) in [5.41, 5.74) is 2.49. The van der Waals surface area contributed by atoms with Crippen LogP contribution in [0.25, 0.3) is 0 Å². The summed E-state index contributed by atoms with van der Waals surface area (Å²) in [6.07, 6.45) is 1.40. The van der Waals surface area contributed by atoms with Gasteiger partial charge in [-0.3, -0.25) is 4.79 Å². The lowest BCUT2D eigenvalue weighted by Gasteiger charge is -2.21. The van der Waals surface area contributed by atoms with Gasteiger partial charge in [0.1, 0.15) is 17.8 Å². The number of benzene rings is 1. The lowest BCUT2D eigenvalue weighted by atomic mass is 10.1. The van der Waals surface area contributed by atoms with Gasteiger partial charge in [0.2, 0.25) is 0 Å². The molecule has 0 unspecified atom stereocenters. The quantitative estimate of drug-likeness (QED) is 0.910. The maximum Gasteiger partial charge on any atom is 0.270 e. The molecule has 2 aromatic rings. The number of nitrogens with one attached hydrogen (secondary N) is 2. The molecule has 0 aliphatic heterocycles. The van der Waals surface area contributed by atoms with Gasteiger partial charge in [-0.25, -0.2) is 9.97 Å².